The topological polar surface area (TPSA) is 200 Å². The maximum absolute atomic E-state index is 11.3. The molecule has 8 N–H and O–H groups in total. The summed E-state index contributed by atoms with van der Waals surface area (Å²) in [4.78, 5) is 54.4. The minimum atomic E-state index is -1.21. The molecule has 0 bridgehead atoms. The van der Waals surface area contributed by atoms with Gasteiger partial charge in [0.15, 0.2) is 0 Å². The van der Waals surface area contributed by atoms with Crippen LogP contribution in [0.2, 0.25) is 0 Å². The van der Waals surface area contributed by atoms with Crippen molar-refractivity contribution in [1.82, 2.24) is 21.3 Å². The molecule has 2 aromatic rings. The first kappa shape index (κ1) is 31.6. The number of carbonyl (C=O) groups excluding carboxylic acids is 4. The highest BCUT2D eigenvalue weighted by molar-refractivity contribution is 5.90. The van der Waals surface area contributed by atoms with Crippen LogP contribution in [-0.2, 0) is 24.0 Å². The molecule has 0 saturated heterocycles. The lowest BCUT2D eigenvalue weighted by atomic mass is 10.2. The van der Waals surface area contributed by atoms with E-state index in [1.165, 1.54) is 11.1 Å². The highest BCUT2D eigenvalue weighted by atomic mass is 16.4. The molecular weight excluding hydrogens is 470 g/mol. The molecule has 2 aromatic carbocycles. The molecule has 196 valence electrons. The summed E-state index contributed by atoms with van der Waals surface area (Å²) in [6, 6.07) is 17.4. The van der Waals surface area contributed by atoms with Crippen LogP contribution in [0, 0.1) is 13.8 Å². The van der Waals surface area contributed by atoms with E-state index < -0.39 is 42.7 Å². The maximum Gasteiger partial charge on any atom is 0.322 e. The van der Waals surface area contributed by atoms with Crippen molar-refractivity contribution in [3.05, 3.63) is 65.7 Å². The van der Waals surface area contributed by atoms with Gasteiger partial charge in [0.05, 0.1) is 26.2 Å². The van der Waals surface area contributed by atoms with Crippen LogP contribution >= 0.6 is 0 Å². The first-order valence-electron chi connectivity index (χ1n) is 10.8. The maximum atomic E-state index is 11.3. The second-order valence-corrected chi connectivity index (χ2v) is 7.20. The van der Waals surface area contributed by atoms with Gasteiger partial charge in [0, 0.05) is 0 Å². The molecule has 0 unspecified atom stereocenters. The highest BCUT2D eigenvalue weighted by Crippen LogP contribution is 2.07. The average molecular weight is 504 g/mol. The van der Waals surface area contributed by atoms with Gasteiger partial charge in [-0.05, 0) is 26.0 Å². The number of amides is 4. The predicted octanol–water partition coefficient (Wildman–Crippen LogP) is -0.810. The van der Waals surface area contributed by atoms with Gasteiger partial charge < -0.3 is 37.2 Å². The molecule has 0 aromatic heterocycles. The number of nitrogens with two attached hydrogens (primary N) is 1. The zero-order valence-corrected chi connectivity index (χ0v) is 20.2. The van der Waals surface area contributed by atoms with Crippen molar-refractivity contribution >= 4 is 29.6 Å². The Morgan fingerprint density at radius 2 is 1.03 bits per heavy atom. The van der Waals surface area contributed by atoms with E-state index in [4.69, 9.17) is 15.9 Å². The van der Waals surface area contributed by atoms with E-state index in [9.17, 15) is 24.0 Å². The van der Waals surface area contributed by atoms with Gasteiger partial charge in [-0.2, -0.15) is 0 Å². The van der Waals surface area contributed by atoms with Crippen LogP contribution in [0.25, 0.3) is 0 Å². The molecule has 12 nitrogen and oxygen atoms in total. The Labute approximate surface area is 209 Å². The molecule has 0 aliphatic rings. The van der Waals surface area contributed by atoms with E-state index in [1.807, 2.05) is 42.6 Å². The number of benzene rings is 2. The van der Waals surface area contributed by atoms with Crippen molar-refractivity contribution in [2.45, 2.75) is 13.8 Å². The third-order valence-electron chi connectivity index (χ3n) is 3.93. The van der Waals surface area contributed by atoms with Gasteiger partial charge >= 0.3 is 5.97 Å². The van der Waals surface area contributed by atoms with Crippen LogP contribution in [0.3, 0.4) is 0 Å². The van der Waals surface area contributed by atoms with E-state index in [2.05, 4.69) is 35.0 Å². The molecule has 0 aliphatic heterocycles. The molecule has 0 fully saturated rings. The molecule has 4 amide bonds. The van der Waals surface area contributed by atoms with Crippen LogP contribution < -0.4 is 27.0 Å². The molecule has 0 spiro atoms. The molecular formula is C24H33N5O7. The summed E-state index contributed by atoms with van der Waals surface area (Å²) in [5.41, 5.74) is 7.50. The Hall–Kier alpha value is -4.45. The van der Waals surface area contributed by atoms with Gasteiger partial charge in [-0.1, -0.05) is 53.6 Å². The summed E-state index contributed by atoms with van der Waals surface area (Å²) < 4.78 is 0. The Kier molecular flexibility index (Phi) is 16.6. The lowest BCUT2D eigenvalue weighted by molar-refractivity contribution is -0.137. The quantitative estimate of drug-likeness (QED) is 0.230. The largest absolute Gasteiger partial charge is 0.508 e. The number of carboxylic acids is 1. The van der Waals surface area contributed by atoms with Crippen LogP contribution in [0.5, 0.6) is 5.75 Å². The zero-order chi connectivity index (χ0) is 27.3. The summed E-state index contributed by atoms with van der Waals surface area (Å²) in [6.45, 7) is 2.16. The zero-order valence-electron chi connectivity index (χ0n) is 20.2. The molecule has 12 heteroatoms. The predicted molar refractivity (Wildman–Crippen MR) is 133 cm³/mol. The summed E-state index contributed by atoms with van der Waals surface area (Å²) in [7, 11) is 0. The lowest BCUT2D eigenvalue weighted by Crippen LogP contribution is -2.45. The number of carbonyl (C=O) groups is 5. The van der Waals surface area contributed by atoms with Crippen molar-refractivity contribution in [2.24, 2.45) is 5.73 Å². The van der Waals surface area contributed by atoms with Gasteiger partial charge in [-0.15, -0.1) is 0 Å². The van der Waals surface area contributed by atoms with Crippen molar-refractivity contribution in [3.63, 3.8) is 0 Å². The number of aromatic hydroxyl groups is 1. The van der Waals surface area contributed by atoms with E-state index in [0.29, 0.717) is 5.75 Å². The number of phenolic OH excluding ortho intramolecular Hbond substituents is 1. The number of phenols is 1. The molecule has 0 saturated carbocycles. The van der Waals surface area contributed by atoms with Crippen LogP contribution in [-0.4, -0.2) is 72.5 Å². The van der Waals surface area contributed by atoms with Crippen molar-refractivity contribution in [3.8, 4) is 5.75 Å². The van der Waals surface area contributed by atoms with Crippen molar-refractivity contribution in [1.29, 1.82) is 0 Å². The summed E-state index contributed by atoms with van der Waals surface area (Å²) in [5, 5.41) is 25.7. The Morgan fingerprint density at radius 3 is 1.36 bits per heavy atom. The van der Waals surface area contributed by atoms with Gasteiger partial charge in [0.25, 0.3) is 0 Å². The fourth-order valence-corrected chi connectivity index (χ4v) is 2.05. The third kappa shape index (κ3) is 19.1. The fraction of sp³-hybridized carbons (Fsp3) is 0.292. The second-order valence-electron chi connectivity index (χ2n) is 7.20. The van der Waals surface area contributed by atoms with Gasteiger partial charge in [0.1, 0.15) is 12.3 Å². The van der Waals surface area contributed by atoms with Crippen LogP contribution in [0.4, 0.5) is 0 Å². The van der Waals surface area contributed by atoms with E-state index in [-0.39, 0.29) is 19.6 Å². The fourth-order valence-electron chi connectivity index (χ4n) is 2.05. The van der Waals surface area contributed by atoms with Crippen LogP contribution in [0.15, 0.2) is 54.6 Å². The number of carboxylic acid groups (broad SMARTS) is 1. The molecule has 0 heterocycles. The van der Waals surface area contributed by atoms with Crippen molar-refractivity contribution in [2.75, 3.05) is 32.7 Å². The third-order valence-corrected chi connectivity index (χ3v) is 3.93. The molecule has 0 radical (unpaired) electrons. The highest BCUT2D eigenvalue weighted by Gasteiger charge is 2.09. The van der Waals surface area contributed by atoms with Crippen molar-refractivity contribution < 1.29 is 34.2 Å². The molecule has 2 rings (SSSR count). The van der Waals surface area contributed by atoms with E-state index >= 15 is 0 Å². The van der Waals surface area contributed by atoms with E-state index in [1.54, 1.807) is 12.1 Å². The number of aryl methyl sites for hydroxylation is 2. The Morgan fingerprint density at radius 1 is 0.639 bits per heavy atom. The second kappa shape index (κ2) is 18.9. The minimum absolute atomic E-state index is 0.251. The smallest absolute Gasteiger partial charge is 0.322 e. The first-order chi connectivity index (χ1) is 17.0. The lowest BCUT2D eigenvalue weighted by Gasteiger charge is -2.07. The summed E-state index contributed by atoms with van der Waals surface area (Å²) >= 11 is 0. The Bertz CT molecular complexity index is 946. The monoisotopic (exact) mass is 503 g/mol. The number of aliphatic carboxylic acids is 1. The Balaban J connectivity index is 0.000000651. The van der Waals surface area contributed by atoms with Gasteiger partial charge in [-0.25, -0.2) is 0 Å². The molecule has 0 aliphatic carbocycles. The number of rotatable bonds is 9. The summed E-state index contributed by atoms with van der Waals surface area (Å²) in [6.07, 6.45) is 0. The SMILES string of the molecule is Cc1ccc(O)cc1.Cc1ccccc1.NCC(=O)NCC(=O)NCC(=O)NCC(=O)NCC(=O)O. The average Bonchev–Trinajstić information content (AvgIpc) is 2.86. The van der Waals surface area contributed by atoms with Gasteiger partial charge in [0.2, 0.25) is 23.6 Å². The first-order valence-corrected chi connectivity index (χ1v) is 10.8. The molecule has 0 atom stereocenters. The normalized spacial score (nSPS) is 9.19. The molecule has 36 heavy (non-hydrogen) atoms. The van der Waals surface area contributed by atoms with Gasteiger partial charge in [-0.3, -0.25) is 24.0 Å². The standard InChI is InChI=1S/C10H17N5O6.C7H8O.C7H8/c11-1-6(16)12-2-7(17)13-3-8(18)14-4-9(19)15-5-10(20)21;1-6-2-4-7(8)5-3-6;1-7-5-3-2-4-6-7/h1-5,11H2,(H,12,16)(H,13,17)(H,14,18)(H,15,19)(H,20,21);2-5,8H,1H3;2-6H,1H3. The number of nitrogens with one attached hydrogen (secondary N) is 4. The minimum Gasteiger partial charge on any atom is -0.508 e. The van der Waals surface area contributed by atoms with Crippen LogP contribution in [0.1, 0.15) is 11.1 Å². The summed E-state index contributed by atoms with van der Waals surface area (Å²) in [5.74, 6) is -3.30. The number of hydrogen-bond acceptors (Lipinski definition) is 7. The van der Waals surface area contributed by atoms with E-state index in [0.717, 1.165) is 0 Å². The number of hydrogen-bond donors (Lipinski definition) is 7.